The summed E-state index contributed by atoms with van der Waals surface area (Å²) in [5.41, 5.74) is 1.94. The van der Waals surface area contributed by atoms with Gasteiger partial charge in [0.05, 0.1) is 5.52 Å². The van der Waals surface area contributed by atoms with Crippen molar-refractivity contribution >= 4 is 38.6 Å². The van der Waals surface area contributed by atoms with Crippen LogP contribution in [0.1, 0.15) is 0 Å². The van der Waals surface area contributed by atoms with E-state index in [4.69, 9.17) is 11.6 Å². The summed E-state index contributed by atoms with van der Waals surface area (Å²) < 4.78 is 2.82. The molecule has 0 spiro atoms. The molecule has 0 aliphatic carbocycles. The number of hydrogen-bond donors (Lipinski definition) is 0. The molecule has 0 aliphatic heterocycles. The molecular weight excluding hydrogens is 239 g/mol. The molecule has 0 saturated carbocycles. The molecule has 4 heteroatoms. The van der Waals surface area contributed by atoms with Crippen LogP contribution in [0.5, 0.6) is 0 Å². The van der Waals surface area contributed by atoms with Crippen LogP contribution in [0.3, 0.4) is 0 Å². The van der Waals surface area contributed by atoms with Crippen molar-refractivity contribution in [3.8, 4) is 0 Å². The molecule has 1 aromatic carbocycles. The van der Waals surface area contributed by atoms with Gasteiger partial charge < -0.3 is 4.57 Å². The Morgan fingerprint density at radius 1 is 1.50 bits per heavy atom. The van der Waals surface area contributed by atoms with Gasteiger partial charge in [0.15, 0.2) is 0 Å². The van der Waals surface area contributed by atoms with Crippen molar-refractivity contribution in [2.24, 2.45) is 7.05 Å². The lowest BCUT2D eigenvalue weighted by Crippen LogP contribution is -1.85. The Kier molecular flexibility index (Phi) is 1.85. The highest BCUT2D eigenvalue weighted by Crippen LogP contribution is 2.24. The first-order chi connectivity index (χ1) is 5.70. The number of aromatic nitrogens is 2. The molecule has 2 aromatic rings. The van der Waals surface area contributed by atoms with E-state index < -0.39 is 0 Å². The number of nitrogens with zero attached hydrogens (tertiary/aromatic N) is 2. The lowest BCUT2D eigenvalue weighted by Gasteiger charge is -1.94. The van der Waals surface area contributed by atoms with Gasteiger partial charge in [0.25, 0.3) is 0 Å². The lowest BCUT2D eigenvalue weighted by molar-refractivity contribution is 0.949. The Labute approximate surface area is 83.3 Å². The van der Waals surface area contributed by atoms with Crippen LogP contribution in [0.15, 0.2) is 22.7 Å². The summed E-state index contributed by atoms with van der Waals surface area (Å²) in [6, 6.07) is 5.90. The van der Waals surface area contributed by atoms with E-state index in [1.54, 1.807) is 0 Å². The number of para-hydroxylation sites is 1. The number of aryl methyl sites for hydroxylation is 1. The number of imidazole rings is 1. The minimum absolute atomic E-state index is 0.511. The maximum absolute atomic E-state index is 5.86. The summed E-state index contributed by atoms with van der Waals surface area (Å²) >= 11 is 9.26. The molecule has 12 heavy (non-hydrogen) atoms. The first-order valence-electron chi connectivity index (χ1n) is 3.46. The normalized spacial score (nSPS) is 10.9. The molecule has 0 N–H and O–H groups in total. The lowest BCUT2D eigenvalue weighted by atomic mass is 10.3. The fourth-order valence-electron chi connectivity index (χ4n) is 1.15. The molecule has 2 nitrogen and oxygen atoms in total. The van der Waals surface area contributed by atoms with Gasteiger partial charge in [-0.2, -0.15) is 0 Å². The third-order valence-electron chi connectivity index (χ3n) is 1.81. The van der Waals surface area contributed by atoms with Gasteiger partial charge in [-0.05, 0) is 39.7 Å². The third-order valence-corrected chi connectivity index (χ3v) is 2.79. The van der Waals surface area contributed by atoms with Crippen molar-refractivity contribution in [1.82, 2.24) is 9.55 Å². The summed E-state index contributed by atoms with van der Waals surface area (Å²) in [6.07, 6.45) is 0. The topological polar surface area (TPSA) is 17.8 Å². The number of hydrogen-bond acceptors (Lipinski definition) is 1. The fraction of sp³-hybridized carbons (Fsp3) is 0.125. The van der Waals surface area contributed by atoms with E-state index in [0.717, 1.165) is 15.5 Å². The zero-order chi connectivity index (χ0) is 8.72. The van der Waals surface area contributed by atoms with Crippen molar-refractivity contribution in [3.63, 3.8) is 0 Å². The molecule has 0 aliphatic rings. The number of benzene rings is 1. The Morgan fingerprint density at radius 3 is 2.92 bits per heavy atom. The zero-order valence-electron chi connectivity index (χ0n) is 6.38. The second-order valence-electron chi connectivity index (χ2n) is 2.55. The molecule has 0 unspecified atom stereocenters. The quantitative estimate of drug-likeness (QED) is 0.698. The van der Waals surface area contributed by atoms with Crippen molar-refractivity contribution in [2.45, 2.75) is 0 Å². The van der Waals surface area contributed by atoms with E-state index >= 15 is 0 Å². The van der Waals surface area contributed by atoms with Crippen LogP contribution in [-0.2, 0) is 7.05 Å². The highest BCUT2D eigenvalue weighted by Gasteiger charge is 2.06. The third kappa shape index (κ3) is 1.04. The van der Waals surface area contributed by atoms with Gasteiger partial charge in [0, 0.05) is 11.5 Å². The van der Waals surface area contributed by atoms with E-state index in [2.05, 4.69) is 20.9 Å². The minimum atomic E-state index is 0.511. The van der Waals surface area contributed by atoms with E-state index in [1.165, 1.54) is 0 Å². The first kappa shape index (κ1) is 8.08. The van der Waals surface area contributed by atoms with Crippen molar-refractivity contribution in [3.05, 3.63) is 28.0 Å². The molecule has 0 fully saturated rings. The second kappa shape index (κ2) is 2.75. The zero-order valence-corrected chi connectivity index (χ0v) is 8.72. The van der Waals surface area contributed by atoms with E-state index in [1.807, 2.05) is 29.8 Å². The van der Waals surface area contributed by atoms with Gasteiger partial charge in [-0.25, -0.2) is 4.98 Å². The summed E-state index contributed by atoms with van der Waals surface area (Å²) in [6.45, 7) is 0. The van der Waals surface area contributed by atoms with Crippen LogP contribution in [-0.4, -0.2) is 9.55 Å². The highest BCUT2D eigenvalue weighted by atomic mass is 79.9. The van der Waals surface area contributed by atoms with Crippen LogP contribution in [0, 0.1) is 0 Å². The highest BCUT2D eigenvalue weighted by molar-refractivity contribution is 9.10. The van der Waals surface area contributed by atoms with E-state index in [-0.39, 0.29) is 0 Å². The predicted octanol–water partition coefficient (Wildman–Crippen LogP) is 2.99. The van der Waals surface area contributed by atoms with Crippen LogP contribution in [0.4, 0.5) is 0 Å². The molecule has 0 bridgehead atoms. The average Bonchev–Trinajstić information content (AvgIpc) is 2.32. The Balaban J connectivity index is 2.95. The van der Waals surface area contributed by atoms with Crippen LogP contribution in [0.2, 0.25) is 5.28 Å². The van der Waals surface area contributed by atoms with Crippen molar-refractivity contribution in [2.75, 3.05) is 0 Å². The predicted molar refractivity (Wildman–Crippen MR) is 53.4 cm³/mol. The Bertz CT molecular complexity index is 436. The summed E-state index contributed by atoms with van der Waals surface area (Å²) in [4.78, 5) is 4.19. The Hall–Kier alpha value is -0.540. The van der Waals surface area contributed by atoms with Gasteiger partial charge in [-0.1, -0.05) is 6.07 Å². The number of fused-ring (bicyclic) bond motifs is 1. The summed E-state index contributed by atoms with van der Waals surface area (Å²) in [7, 11) is 1.89. The van der Waals surface area contributed by atoms with Gasteiger partial charge in [-0.3, -0.25) is 0 Å². The van der Waals surface area contributed by atoms with E-state index in [0.29, 0.717) is 5.28 Å². The summed E-state index contributed by atoms with van der Waals surface area (Å²) in [5, 5.41) is 0.511. The molecule has 0 radical (unpaired) electrons. The average molecular weight is 246 g/mol. The van der Waals surface area contributed by atoms with Crippen LogP contribution < -0.4 is 0 Å². The molecule has 2 rings (SSSR count). The monoisotopic (exact) mass is 244 g/mol. The molecule has 62 valence electrons. The fourth-order valence-corrected chi connectivity index (χ4v) is 1.77. The molecule has 1 heterocycles. The van der Waals surface area contributed by atoms with Crippen molar-refractivity contribution in [1.29, 1.82) is 0 Å². The largest absolute Gasteiger partial charge is 0.318 e. The second-order valence-corrected chi connectivity index (χ2v) is 3.74. The van der Waals surface area contributed by atoms with Crippen molar-refractivity contribution < 1.29 is 0 Å². The van der Waals surface area contributed by atoms with E-state index in [9.17, 15) is 0 Å². The number of halogens is 2. The maximum Gasteiger partial charge on any atom is 0.203 e. The SMILES string of the molecule is Cn1c(Cl)nc2c(Br)cccc21. The molecule has 0 atom stereocenters. The number of rotatable bonds is 0. The first-order valence-corrected chi connectivity index (χ1v) is 4.63. The molecule has 0 amide bonds. The maximum atomic E-state index is 5.86. The van der Waals surface area contributed by atoms with Gasteiger partial charge in [-0.15, -0.1) is 0 Å². The Morgan fingerprint density at radius 2 is 2.25 bits per heavy atom. The standard InChI is InChI=1S/C8H6BrClN2/c1-12-6-4-2-3-5(9)7(6)11-8(12)10/h2-4H,1H3. The molecule has 0 saturated heterocycles. The smallest absolute Gasteiger partial charge is 0.203 e. The molecular formula is C8H6BrClN2. The van der Waals surface area contributed by atoms with Crippen LogP contribution in [0.25, 0.3) is 11.0 Å². The van der Waals surface area contributed by atoms with Crippen LogP contribution >= 0.6 is 27.5 Å². The van der Waals surface area contributed by atoms with Gasteiger partial charge in [0.2, 0.25) is 5.28 Å². The molecule has 1 aromatic heterocycles. The minimum Gasteiger partial charge on any atom is -0.318 e. The van der Waals surface area contributed by atoms with Gasteiger partial charge >= 0.3 is 0 Å². The summed E-state index contributed by atoms with van der Waals surface area (Å²) in [5.74, 6) is 0. The van der Waals surface area contributed by atoms with Gasteiger partial charge in [0.1, 0.15) is 5.52 Å².